The SMILES string of the molecule is CCCNc1nc(NC2CCCNC2=O)c(Cl)cc1Cl. The van der Waals surface area contributed by atoms with Crippen LogP contribution in [0.5, 0.6) is 0 Å². The lowest BCUT2D eigenvalue weighted by molar-refractivity contribution is -0.123. The first-order valence-electron chi connectivity index (χ1n) is 6.76. The Hall–Kier alpha value is -1.20. The predicted molar refractivity (Wildman–Crippen MR) is 82.7 cm³/mol. The number of halogens is 2. The van der Waals surface area contributed by atoms with E-state index in [9.17, 15) is 4.79 Å². The number of aromatic nitrogens is 1. The molecular weight excluding hydrogens is 299 g/mol. The molecule has 1 aliphatic rings. The molecular formula is C13H18Cl2N4O. The second-order valence-corrected chi connectivity index (χ2v) is 5.52. The molecule has 1 aromatic heterocycles. The summed E-state index contributed by atoms with van der Waals surface area (Å²) in [7, 11) is 0. The average molecular weight is 317 g/mol. The largest absolute Gasteiger partial charge is 0.369 e. The van der Waals surface area contributed by atoms with Crippen LogP contribution >= 0.6 is 23.2 Å². The van der Waals surface area contributed by atoms with Crippen molar-refractivity contribution in [1.82, 2.24) is 10.3 Å². The van der Waals surface area contributed by atoms with E-state index in [2.05, 4.69) is 27.9 Å². The molecule has 0 aliphatic carbocycles. The van der Waals surface area contributed by atoms with Gasteiger partial charge < -0.3 is 16.0 Å². The fraction of sp³-hybridized carbons (Fsp3) is 0.538. The van der Waals surface area contributed by atoms with Gasteiger partial charge in [-0.1, -0.05) is 30.1 Å². The number of amides is 1. The van der Waals surface area contributed by atoms with E-state index in [0.29, 0.717) is 21.7 Å². The molecule has 0 aromatic carbocycles. The summed E-state index contributed by atoms with van der Waals surface area (Å²) in [6, 6.07) is 1.34. The Morgan fingerprint density at radius 3 is 2.85 bits per heavy atom. The molecule has 2 heterocycles. The summed E-state index contributed by atoms with van der Waals surface area (Å²) in [5, 5.41) is 9.93. The quantitative estimate of drug-likeness (QED) is 0.781. The first kappa shape index (κ1) is 15.2. The Labute approximate surface area is 128 Å². The van der Waals surface area contributed by atoms with Crippen LogP contribution < -0.4 is 16.0 Å². The van der Waals surface area contributed by atoms with Gasteiger partial charge in [-0.25, -0.2) is 4.98 Å². The standard InChI is InChI=1S/C13H18Cl2N4O/c1-2-5-16-11-8(14)7-9(15)12(19-11)18-10-4-3-6-17-13(10)20/h7,10H,2-6H2,1H3,(H,17,20)(H2,16,18,19). The lowest BCUT2D eigenvalue weighted by Crippen LogP contribution is -2.44. The van der Waals surface area contributed by atoms with E-state index in [1.807, 2.05) is 0 Å². The molecule has 1 unspecified atom stereocenters. The lowest BCUT2D eigenvalue weighted by Gasteiger charge is -2.24. The average Bonchev–Trinajstić information content (AvgIpc) is 2.43. The Morgan fingerprint density at radius 1 is 1.40 bits per heavy atom. The van der Waals surface area contributed by atoms with Gasteiger partial charge in [0.25, 0.3) is 0 Å². The third-order valence-electron chi connectivity index (χ3n) is 3.07. The van der Waals surface area contributed by atoms with E-state index in [1.54, 1.807) is 6.07 Å². The highest BCUT2D eigenvalue weighted by Gasteiger charge is 2.23. The second-order valence-electron chi connectivity index (χ2n) is 4.71. The Balaban J connectivity index is 2.15. The number of anilines is 2. The molecule has 1 amide bonds. The van der Waals surface area contributed by atoms with Crippen LogP contribution in [-0.2, 0) is 4.79 Å². The number of carbonyl (C=O) groups excluding carboxylic acids is 1. The Morgan fingerprint density at radius 2 is 2.15 bits per heavy atom. The molecule has 110 valence electrons. The van der Waals surface area contributed by atoms with Crippen LogP contribution in [0.3, 0.4) is 0 Å². The number of rotatable bonds is 5. The summed E-state index contributed by atoms with van der Waals surface area (Å²) in [4.78, 5) is 16.1. The molecule has 0 radical (unpaired) electrons. The molecule has 20 heavy (non-hydrogen) atoms. The molecule has 5 nitrogen and oxygen atoms in total. The molecule has 0 saturated carbocycles. The third-order valence-corrected chi connectivity index (χ3v) is 3.64. The summed E-state index contributed by atoms with van der Waals surface area (Å²) >= 11 is 12.2. The monoisotopic (exact) mass is 316 g/mol. The van der Waals surface area contributed by atoms with Crippen molar-refractivity contribution < 1.29 is 4.79 Å². The van der Waals surface area contributed by atoms with Crippen molar-refractivity contribution in [3.63, 3.8) is 0 Å². The van der Waals surface area contributed by atoms with Gasteiger partial charge >= 0.3 is 0 Å². The van der Waals surface area contributed by atoms with Crippen molar-refractivity contribution in [2.75, 3.05) is 23.7 Å². The molecule has 1 fully saturated rings. The zero-order chi connectivity index (χ0) is 14.5. The van der Waals surface area contributed by atoms with Crippen LogP contribution in [0, 0.1) is 0 Å². The summed E-state index contributed by atoms with van der Waals surface area (Å²) in [5.41, 5.74) is 0. The van der Waals surface area contributed by atoms with Crippen molar-refractivity contribution >= 4 is 40.7 Å². The minimum Gasteiger partial charge on any atom is -0.369 e. The van der Waals surface area contributed by atoms with Crippen LogP contribution in [0.15, 0.2) is 6.07 Å². The van der Waals surface area contributed by atoms with E-state index in [4.69, 9.17) is 23.2 Å². The van der Waals surface area contributed by atoms with Crippen molar-refractivity contribution in [1.29, 1.82) is 0 Å². The zero-order valence-corrected chi connectivity index (χ0v) is 12.8. The third kappa shape index (κ3) is 3.67. The normalized spacial score (nSPS) is 18.6. The van der Waals surface area contributed by atoms with Gasteiger partial charge in [0.05, 0.1) is 10.0 Å². The first-order valence-corrected chi connectivity index (χ1v) is 7.51. The summed E-state index contributed by atoms with van der Waals surface area (Å²) in [5.74, 6) is 1.04. The van der Waals surface area contributed by atoms with E-state index >= 15 is 0 Å². The molecule has 1 aromatic rings. The number of pyridine rings is 1. The molecule has 7 heteroatoms. The fourth-order valence-corrected chi connectivity index (χ4v) is 2.49. The minimum atomic E-state index is -0.297. The van der Waals surface area contributed by atoms with Crippen molar-refractivity contribution in [3.8, 4) is 0 Å². The summed E-state index contributed by atoms with van der Waals surface area (Å²) in [6.45, 7) is 3.56. The van der Waals surface area contributed by atoms with Crippen molar-refractivity contribution in [3.05, 3.63) is 16.1 Å². The number of nitrogens with one attached hydrogen (secondary N) is 3. The number of nitrogens with zero attached hydrogens (tertiary/aromatic N) is 1. The highest BCUT2D eigenvalue weighted by molar-refractivity contribution is 6.37. The van der Waals surface area contributed by atoms with Crippen molar-refractivity contribution in [2.45, 2.75) is 32.2 Å². The smallest absolute Gasteiger partial charge is 0.242 e. The maximum atomic E-state index is 11.7. The number of hydrogen-bond donors (Lipinski definition) is 3. The van der Waals surface area contributed by atoms with E-state index in [0.717, 1.165) is 32.4 Å². The predicted octanol–water partition coefficient (Wildman–Crippen LogP) is 2.90. The van der Waals surface area contributed by atoms with Gasteiger partial charge in [0.2, 0.25) is 5.91 Å². The van der Waals surface area contributed by atoms with Gasteiger partial charge in [-0.2, -0.15) is 0 Å². The molecule has 0 bridgehead atoms. The second kappa shape index (κ2) is 6.99. The van der Waals surface area contributed by atoms with Crippen LogP contribution in [0.4, 0.5) is 11.6 Å². The highest BCUT2D eigenvalue weighted by atomic mass is 35.5. The molecule has 3 N–H and O–H groups in total. The van der Waals surface area contributed by atoms with Gasteiger partial charge in [-0.3, -0.25) is 4.79 Å². The van der Waals surface area contributed by atoms with Gasteiger partial charge in [0.1, 0.15) is 17.7 Å². The van der Waals surface area contributed by atoms with Gasteiger partial charge in [-0.05, 0) is 25.3 Å². The van der Waals surface area contributed by atoms with Crippen LogP contribution in [-0.4, -0.2) is 30.0 Å². The summed E-state index contributed by atoms with van der Waals surface area (Å²) in [6.07, 6.45) is 2.67. The zero-order valence-electron chi connectivity index (χ0n) is 11.3. The number of carbonyl (C=O) groups is 1. The minimum absolute atomic E-state index is 0.0212. The molecule has 1 aliphatic heterocycles. The molecule has 1 atom stereocenters. The molecule has 1 saturated heterocycles. The molecule has 0 spiro atoms. The maximum Gasteiger partial charge on any atom is 0.242 e. The Kier molecular flexibility index (Phi) is 5.31. The van der Waals surface area contributed by atoms with Gasteiger partial charge in [0, 0.05) is 13.1 Å². The summed E-state index contributed by atoms with van der Waals surface area (Å²) < 4.78 is 0. The molecule has 2 rings (SSSR count). The van der Waals surface area contributed by atoms with Crippen molar-refractivity contribution in [2.24, 2.45) is 0 Å². The fourth-order valence-electron chi connectivity index (χ4n) is 2.01. The van der Waals surface area contributed by atoms with E-state index in [-0.39, 0.29) is 11.9 Å². The van der Waals surface area contributed by atoms with Crippen LogP contribution in [0.25, 0.3) is 0 Å². The first-order chi connectivity index (χ1) is 9.61. The number of piperidine rings is 1. The van der Waals surface area contributed by atoms with Crippen LogP contribution in [0.2, 0.25) is 10.0 Å². The number of hydrogen-bond acceptors (Lipinski definition) is 4. The maximum absolute atomic E-state index is 11.7. The highest BCUT2D eigenvalue weighted by Crippen LogP contribution is 2.30. The topological polar surface area (TPSA) is 66.1 Å². The van der Waals surface area contributed by atoms with E-state index < -0.39 is 0 Å². The van der Waals surface area contributed by atoms with Gasteiger partial charge in [0.15, 0.2) is 0 Å². The Bertz CT molecular complexity index is 496. The van der Waals surface area contributed by atoms with Crippen LogP contribution in [0.1, 0.15) is 26.2 Å². The van der Waals surface area contributed by atoms with Gasteiger partial charge in [-0.15, -0.1) is 0 Å². The lowest BCUT2D eigenvalue weighted by atomic mass is 10.1. The van der Waals surface area contributed by atoms with E-state index in [1.165, 1.54) is 0 Å².